The largest absolute Gasteiger partial charge is 0.449 e. The fourth-order valence-corrected chi connectivity index (χ4v) is 3.69. The van der Waals surface area contributed by atoms with Gasteiger partial charge in [-0.25, -0.2) is 4.79 Å². The van der Waals surface area contributed by atoms with E-state index in [-0.39, 0.29) is 29.9 Å². The summed E-state index contributed by atoms with van der Waals surface area (Å²) in [6.07, 6.45) is 2.22. The molecular weight excluding hydrogens is 298 g/mol. The highest BCUT2D eigenvalue weighted by Gasteiger charge is 2.43. The molecule has 0 spiro atoms. The van der Waals surface area contributed by atoms with Crippen molar-refractivity contribution in [1.29, 1.82) is 0 Å². The molecule has 0 radical (unpaired) electrons. The fourth-order valence-electron chi connectivity index (χ4n) is 2.34. The van der Waals surface area contributed by atoms with Crippen molar-refractivity contribution in [2.75, 3.05) is 19.8 Å². The molecule has 0 unspecified atom stereocenters. The van der Waals surface area contributed by atoms with Gasteiger partial charge in [0.2, 0.25) is 0 Å². The average molecular weight is 332 g/mol. The number of hydrogen-bond acceptors (Lipinski definition) is 4. The Hall–Kier alpha value is -0.593. The lowest BCUT2D eigenvalue weighted by Gasteiger charge is -2.38. The van der Waals surface area contributed by atoms with E-state index < -0.39 is 8.32 Å². The van der Waals surface area contributed by atoms with Crippen molar-refractivity contribution in [1.82, 2.24) is 4.90 Å². The molecule has 1 N–H and O–H groups in total. The third-order valence-corrected chi connectivity index (χ3v) is 9.35. The predicted octanol–water partition coefficient (Wildman–Crippen LogP) is 3.38. The van der Waals surface area contributed by atoms with Gasteiger partial charge in [0, 0.05) is 6.54 Å². The summed E-state index contributed by atoms with van der Waals surface area (Å²) in [5, 5.41) is 9.67. The van der Waals surface area contributed by atoms with Gasteiger partial charge < -0.3 is 19.2 Å². The van der Waals surface area contributed by atoms with Crippen molar-refractivity contribution < 1.29 is 19.1 Å². The van der Waals surface area contributed by atoms with Gasteiger partial charge in [0.25, 0.3) is 0 Å². The molecule has 1 heterocycles. The molecule has 130 valence electrons. The standard InChI is InChI=1S/C16H33NO4Si/c1-7-8-9-20-15(19)17-11-14(10-13(17)12-18)21-22(5,6)16(2,3)4/h13-14,18H,7-12H2,1-6H3/t13-,14+/m1/s1. The number of carbonyl (C=O) groups is 1. The van der Waals surface area contributed by atoms with Crippen molar-refractivity contribution in [2.45, 2.75) is 77.2 Å². The Balaban J connectivity index is 2.63. The van der Waals surface area contributed by atoms with E-state index in [1.165, 1.54) is 0 Å². The van der Waals surface area contributed by atoms with Gasteiger partial charge in [-0.1, -0.05) is 34.1 Å². The van der Waals surface area contributed by atoms with E-state index in [1.807, 2.05) is 0 Å². The van der Waals surface area contributed by atoms with Gasteiger partial charge in [-0.3, -0.25) is 0 Å². The molecule has 0 saturated carbocycles. The van der Waals surface area contributed by atoms with Crippen LogP contribution in [0.5, 0.6) is 0 Å². The number of ether oxygens (including phenoxy) is 1. The maximum atomic E-state index is 12.1. The van der Waals surface area contributed by atoms with E-state index in [2.05, 4.69) is 40.8 Å². The second kappa shape index (κ2) is 7.79. The van der Waals surface area contributed by atoms with Crippen LogP contribution in [0.4, 0.5) is 4.79 Å². The number of hydrogen-bond donors (Lipinski definition) is 1. The molecule has 1 rings (SSSR count). The highest BCUT2D eigenvalue weighted by atomic mass is 28.4. The fraction of sp³-hybridized carbons (Fsp3) is 0.938. The smallest absolute Gasteiger partial charge is 0.410 e. The van der Waals surface area contributed by atoms with Crippen LogP contribution in [0.2, 0.25) is 18.1 Å². The molecular formula is C16H33NO4Si. The molecule has 22 heavy (non-hydrogen) atoms. The minimum atomic E-state index is -1.87. The lowest BCUT2D eigenvalue weighted by molar-refractivity contribution is 0.0816. The highest BCUT2D eigenvalue weighted by Crippen LogP contribution is 2.38. The molecule has 1 saturated heterocycles. The van der Waals surface area contributed by atoms with Gasteiger partial charge in [0.05, 0.1) is 25.4 Å². The molecule has 0 aromatic rings. The summed E-state index contributed by atoms with van der Waals surface area (Å²) < 4.78 is 11.7. The van der Waals surface area contributed by atoms with Gasteiger partial charge in [-0.2, -0.15) is 0 Å². The van der Waals surface area contributed by atoms with E-state index >= 15 is 0 Å². The Kier molecular flexibility index (Phi) is 6.89. The Labute approximate surface area is 136 Å². The van der Waals surface area contributed by atoms with Gasteiger partial charge in [0.1, 0.15) is 0 Å². The van der Waals surface area contributed by atoms with Crippen LogP contribution >= 0.6 is 0 Å². The minimum absolute atomic E-state index is 0.00299. The second-order valence-electron chi connectivity index (χ2n) is 7.69. The maximum absolute atomic E-state index is 12.1. The molecule has 0 aromatic heterocycles. The van der Waals surface area contributed by atoms with Crippen LogP contribution < -0.4 is 0 Å². The van der Waals surface area contributed by atoms with Crippen LogP contribution in [0, 0.1) is 0 Å². The third-order valence-electron chi connectivity index (χ3n) is 4.81. The topological polar surface area (TPSA) is 59.0 Å². The number of likely N-dealkylation sites (tertiary alicyclic amines) is 1. The van der Waals surface area contributed by atoms with Crippen LogP contribution in [0.15, 0.2) is 0 Å². The van der Waals surface area contributed by atoms with Crippen molar-refractivity contribution in [2.24, 2.45) is 0 Å². The molecule has 1 amide bonds. The summed E-state index contributed by atoms with van der Waals surface area (Å²) in [5.74, 6) is 0. The van der Waals surface area contributed by atoms with Crippen molar-refractivity contribution in [3.63, 3.8) is 0 Å². The van der Waals surface area contributed by atoms with Gasteiger partial charge in [-0.05, 0) is 31.0 Å². The normalized spacial score (nSPS) is 23.0. The number of rotatable bonds is 6. The molecule has 0 aromatic carbocycles. The third kappa shape index (κ3) is 4.96. The van der Waals surface area contributed by atoms with Gasteiger partial charge >= 0.3 is 6.09 Å². The number of aliphatic hydroxyl groups is 1. The van der Waals surface area contributed by atoms with Gasteiger partial charge in [0.15, 0.2) is 8.32 Å². The quantitative estimate of drug-likeness (QED) is 0.599. The summed E-state index contributed by atoms with van der Waals surface area (Å²) in [6.45, 7) is 14.0. The highest BCUT2D eigenvalue weighted by molar-refractivity contribution is 6.74. The number of carbonyl (C=O) groups excluding carboxylic acids is 1. The van der Waals surface area contributed by atoms with Crippen LogP contribution in [0.3, 0.4) is 0 Å². The van der Waals surface area contributed by atoms with Crippen LogP contribution in [0.25, 0.3) is 0 Å². The molecule has 1 fully saturated rings. The Morgan fingerprint density at radius 3 is 2.50 bits per heavy atom. The second-order valence-corrected chi connectivity index (χ2v) is 12.4. The molecule has 1 aliphatic rings. The molecule has 6 heteroatoms. The zero-order chi connectivity index (χ0) is 17.0. The summed E-state index contributed by atoms with van der Waals surface area (Å²) in [4.78, 5) is 13.8. The zero-order valence-electron chi connectivity index (χ0n) is 15.0. The van der Waals surface area contributed by atoms with Crippen LogP contribution in [-0.2, 0) is 9.16 Å². The number of nitrogens with zero attached hydrogens (tertiary/aromatic N) is 1. The lowest BCUT2D eigenvalue weighted by atomic mass is 10.2. The number of unbranched alkanes of at least 4 members (excludes halogenated alkanes) is 1. The van der Waals surface area contributed by atoms with Crippen LogP contribution in [0.1, 0.15) is 47.0 Å². The Bertz CT molecular complexity index is 368. The lowest BCUT2D eigenvalue weighted by Crippen LogP contribution is -2.45. The first-order valence-electron chi connectivity index (χ1n) is 8.34. The van der Waals surface area contributed by atoms with Gasteiger partial charge in [-0.15, -0.1) is 0 Å². The molecule has 0 bridgehead atoms. The maximum Gasteiger partial charge on any atom is 0.410 e. The Morgan fingerprint density at radius 1 is 1.36 bits per heavy atom. The average Bonchev–Trinajstić information content (AvgIpc) is 2.80. The van der Waals surface area contributed by atoms with E-state index in [9.17, 15) is 9.90 Å². The summed E-state index contributed by atoms with van der Waals surface area (Å²) in [5.41, 5.74) is 0. The number of aliphatic hydroxyl groups excluding tert-OH is 1. The van der Waals surface area contributed by atoms with Crippen LogP contribution in [-0.4, -0.2) is 56.3 Å². The zero-order valence-corrected chi connectivity index (χ0v) is 16.0. The van der Waals surface area contributed by atoms with Crippen molar-refractivity contribution in [3.05, 3.63) is 0 Å². The summed E-state index contributed by atoms with van der Waals surface area (Å²) >= 11 is 0. The van der Waals surface area contributed by atoms with E-state index in [0.717, 1.165) is 12.8 Å². The molecule has 5 nitrogen and oxygen atoms in total. The van der Waals surface area contributed by atoms with Crippen molar-refractivity contribution in [3.8, 4) is 0 Å². The van der Waals surface area contributed by atoms with E-state index in [4.69, 9.17) is 9.16 Å². The summed E-state index contributed by atoms with van der Waals surface area (Å²) in [6, 6.07) is -0.191. The Morgan fingerprint density at radius 2 is 2.00 bits per heavy atom. The SMILES string of the molecule is CCCCOC(=O)N1C[C@@H](O[Si](C)(C)C(C)(C)C)C[C@@H]1CO. The monoisotopic (exact) mass is 331 g/mol. The van der Waals surface area contributed by atoms with E-state index in [1.54, 1.807) is 4.90 Å². The minimum Gasteiger partial charge on any atom is -0.449 e. The number of amides is 1. The summed E-state index contributed by atoms with van der Waals surface area (Å²) in [7, 11) is -1.87. The van der Waals surface area contributed by atoms with E-state index in [0.29, 0.717) is 19.6 Å². The molecule has 0 aliphatic carbocycles. The first kappa shape index (κ1) is 19.5. The first-order chi connectivity index (χ1) is 10.1. The molecule has 2 atom stereocenters. The van der Waals surface area contributed by atoms with Crippen molar-refractivity contribution >= 4 is 14.4 Å². The molecule has 1 aliphatic heterocycles. The predicted molar refractivity (Wildman–Crippen MR) is 90.5 cm³/mol. The first-order valence-corrected chi connectivity index (χ1v) is 11.2.